The molecule has 1 aliphatic carbocycles. The maximum Gasteiger partial charge on any atom is -0.0315 e. The highest BCUT2D eigenvalue weighted by molar-refractivity contribution is 5.18. The zero-order valence-electron chi connectivity index (χ0n) is 6.54. The molecular weight excluding hydrogens is 108 g/mol. The number of hydrogen-bond donors (Lipinski definition) is 0. The molecule has 1 fully saturated rings. The molecule has 9 heavy (non-hydrogen) atoms. The maximum absolute atomic E-state index is 2.27. The van der Waals surface area contributed by atoms with Crippen LogP contribution in [0.2, 0.25) is 0 Å². The second kappa shape index (κ2) is 3.05. The molecule has 0 saturated heterocycles. The van der Waals surface area contributed by atoms with Gasteiger partial charge in [0.2, 0.25) is 0 Å². The quantitative estimate of drug-likeness (QED) is 0.495. The standard InChI is InChI=1S/C9H16/c1-3-8(4-2)9-6-5-7-9/h3-7H2,1-2H3. The van der Waals surface area contributed by atoms with Crippen molar-refractivity contribution >= 4 is 0 Å². The van der Waals surface area contributed by atoms with E-state index in [4.69, 9.17) is 0 Å². The lowest BCUT2D eigenvalue weighted by Gasteiger charge is -2.20. The molecule has 1 aliphatic rings. The molecule has 0 heterocycles. The maximum atomic E-state index is 2.27. The Labute approximate surface area is 58.0 Å². The van der Waals surface area contributed by atoms with Crippen LogP contribution in [0.15, 0.2) is 11.1 Å². The molecule has 0 aliphatic heterocycles. The number of hydrogen-bond acceptors (Lipinski definition) is 0. The largest absolute Gasteiger partial charge is 0.0716 e. The van der Waals surface area contributed by atoms with Gasteiger partial charge in [-0.25, -0.2) is 0 Å². The summed E-state index contributed by atoms with van der Waals surface area (Å²) in [5, 5.41) is 0. The van der Waals surface area contributed by atoms with E-state index in [1.165, 1.54) is 32.1 Å². The van der Waals surface area contributed by atoms with Gasteiger partial charge in [0.25, 0.3) is 0 Å². The van der Waals surface area contributed by atoms with Crippen molar-refractivity contribution < 1.29 is 0 Å². The third-order valence-electron chi connectivity index (χ3n) is 2.31. The molecule has 0 atom stereocenters. The predicted molar refractivity (Wildman–Crippen MR) is 41.5 cm³/mol. The summed E-state index contributed by atoms with van der Waals surface area (Å²) in [7, 11) is 0. The Morgan fingerprint density at radius 3 is 1.89 bits per heavy atom. The highest BCUT2D eigenvalue weighted by Gasteiger charge is 2.11. The molecule has 0 unspecified atom stereocenters. The summed E-state index contributed by atoms with van der Waals surface area (Å²) in [6, 6.07) is 0. The van der Waals surface area contributed by atoms with Crippen molar-refractivity contribution in [1.82, 2.24) is 0 Å². The van der Waals surface area contributed by atoms with Crippen LogP contribution in [-0.4, -0.2) is 0 Å². The minimum atomic E-state index is 1.28. The molecule has 0 N–H and O–H groups in total. The van der Waals surface area contributed by atoms with Crippen LogP contribution in [0.25, 0.3) is 0 Å². The van der Waals surface area contributed by atoms with E-state index in [0.717, 1.165) is 0 Å². The monoisotopic (exact) mass is 124 g/mol. The zero-order valence-corrected chi connectivity index (χ0v) is 6.54. The number of allylic oxidation sites excluding steroid dienone is 2. The summed E-state index contributed by atoms with van der Waals surface area (Å²) in [4.78, 5) is 0. The van der Waals surface area contributed by atoms with Crippen molar-refractivity contribution in [2.24, 2.45) is 0 Å². The molecule has 0 radical (unpaired) electrons. The van der Waals surface area contributed by atoms with E-state index < -0.39 is 0 Å². The van der Waals surface area contributed by atoms with Crippen LogP contribution < -0.4 is 0 Å². The molecule has 0 heteroatoms. The molecule has 0 nitrogen and oxygen atoms in total. The second-order valence-corrected chi connectivity index (χ2v) is 2.77. The van der Waals surface area contributed by atoms with E-state index in [1.54, 1.807) is 11.1 Å². The van der Waals surface area contributed by atoms with Gasteiger partial charge in [0, 0.05) is 0 Å². The summed E-state index contributed by atoms with van der Waals surface area (Å²) < 4.78 is 0. The fraction of sp³-hybridized carbons (Fsp3) is 0.778. The first-order chi connectivity index (χ1) is 4.38. The molecule has 0 bridgehead atoms. The van der Waals surface area contributed by atoms with Crippen molar-refractivity contribution in [2.45, 2.75) is 46.0 Å². The third kappa shape index (κ3) is 1.35. The normalized spacial score (nSPS) is 17.3. The van der Waals surface area contributed by atoms with Gasteiger partial charge in [0.05, 0.1) is 0 Å². The molecular formula is C9H16. The molecule has 0 spiro atoms. The Morgan fingerprint density at radius 1 is 1.22 bits per heavy atom. The smallest absolute Gasteiger partial charge is 0.0315 e. The topological polar surface area (TPSA) is 0 Å². The van der Waals surface area contributed by atoms with E-state index in [-0.39, 0.29) is 0 Å². The van der Waals surface area contributed by atoms with Crippen LogP contribution in [0.4, 0.5) is 0 Å². The van der Waals surface area contributed by atoms with Gasteiger partial charge in [0.1, 0.15) is 0 Å². The van der Waals surface area contributed by atoms with Crippen LogP contribution in [-0.2, 0) is 0 Å². The van der Waals surface area contributed by atoms with Crippen LogP contribution in [0.3, 0.4) is 0 Å². The van der Waals surface area contributed by atoms with Crippen molar-refractivity contribution in [1.29, 1.82) is 0 Å². The van der Waals surface area contributed by atoms with Crippen molar-refractivity contribution in [3.8, 4) is 0 Å². The predicted octanol–water partition coefficient (Wildman–Crippen LogP) is 3.29. The molecule has 52 valence electrons. The van der Waals surface area contributed by atoms with Gasteiger partial charge in [-0.2, -0.15) is 0 Å². The van der Waals surface area contributed by atoms with Crippen molar-refractivity contribution in [2.75, 3.05) is 0 Å². The SMILES string of the molecule is CCC(CC)=C1CCC1. The van der Waals surface area contributed by atoms with E-state index in [0.29, 0.717) is 0 Å². The lowest BCUT2D eigenvalue weighted by Crippen LogP contribution is -2.00. The average molecular weight is 124 g/mol. The molecule has 1 saturated carbocycles. The summed E-state index contributed by atoms with van der Waals surface area (Å²) >= 11 is 0. The lowest BCUT2D eigenvalue weighted by atomic mass is 9.86. The van der Waals surface area contributed by atoms with Crippen LogP contribution in [0.1, 0.15) is 46.0 Å². The summed E-state index contributed by atoms with van der Waals surface area (Å²) in [6.45, 7) is 4.54. The first-order valence-corrected chi connectivity index (χ1v) is 4.08. The molecule has 0 aromatic carbocycles. The van der Waals surface area contributed by atoms with E-state index in [1.807, 2.05) is 0 Å². The Bertz CT molecular complexity index is 108. The van der Waals surface area contributed by atoms with Gasteiger partial charge in [-0.1, -0.05) is 25.0 Å². The van der Waals surface area contributed by atoms with Gasteiger partial charge < -0.3 is 0 Å². The van der Waals surface area contributed by atoms with Crippen molar-refractivity contribution in [3.05, 3.63) is 11.1 Å². The summed E-state index contributed by atoms with van der Waals surface area (Å²) in [5.41, 5.74) is 3.49. The van der Waals surface area contributed by atoms with E-state index in [9.17, 15) is 0 Å². The average Bonchev–Trinajstić information content (AvgIpc) is 1.78. The fourth-order valence-electron chi connectivity index (χ4n) is 1.46. The Balaban J connectivity index is 2.51. The van der Waals surface area contributed by atoms with Gasteiger partial charge in [-0.15, -0.1) is 0 Å². The summed E-state index contributed by atoms with van der Waals surface area (Å²) in [6.07, 6.45) is 6.81. The lowest BCUT2D eigenvalue weighted by molar-refractivity contribution is 0.637. The van der Waals surface area contributed by atoms with Crippen LogP contribution >= 0.6 is 0 Å². The molecule has 0 amide bonds. The fourth-order valence-corrected chi connectivity index (χ4v) is 1.46. The highest BCUT2D eigenvalue weighted by atomic mass is 14.2. The minimum absolute atomic E-state index is 1.28. The van der Waals surface area contributed by atoms with Gasteiger partial charge in [0.15, 0.2) is 0 Å². The number of rotatable bonds is 2. The Morgan fingerprint density at radius 2 is 1.78 bits per heavy atom. The van der Waals surface area contributed by atoms with Gasteiger partial charge >= 0.3 is 0 Å². The zero-order chi connectivity index (χ0) is 6.69. The first-order valence-electron chi connectivity index (χ1n) is 4.08. The van der Waals surface area contributed by atoms with E-state index in [2.05, 4.69) is 13.8 Å². The highest BCUT2D eigenvalue weighted by Crippen LogP contribution is 2.30. The molecule has 0 aromatic rings. The molecule has 1 rings (SSSR count). The van der Waals surface area contributed by atoms with Gasteiger partial charge in [-0.3, -0.25) is 0 Å². The second-order valence-electron chi connectivity index (χ2n) is 2.77. The van der Waals surface area contributed by atoms with Crippen LogP contribution in [0.5, 0.6) is 0 Å². The van der Waals surface area contributed by atoms with E-state index >= 15 is 0 Å². The minimum Gasteiger partial charge on any atom is -0.0716 e. The first kappa shape index (κ1) is 6.85. The Hall–Kier alpha value is -0.260. The third-order valence-corrected chi connectivity index (χ3v) is 2.31. The summed E-state index contributed by atoms with van der Waals surface area (Å²) in [5.74, 6) is 0. The van der Waals surface area contributed by atoms with Crippen molar-refractivity contribution in [3.63, 3.8) is 0 Å². The molecule has 0 aromatic heterocycles. The van der Waals surface area contributed by atoms with Crippen LogP contribution in [0, 0.1) is 0 Å². The Kier molecular flexibility index (Phi) is 2.32. The van der Waals surface area contributed by atoms with Gasteiger partial charge in [-0.05, 0) is 32.1 Å².